The highest BCUT2D eigenvalue weighted by Gasteiger charge is 2.20. The van der Waals surface area contributed by atoms with Crippen LogP contribution < -0.4 is 15.4 Å². The van der Waals surface area contributed by atoms with Gasteiger partial charge in [-0.3, -0.25) is 14.9 Å². The number of carbonyl (C=O) groups excluding carboxylic acids is 1. The van der Waals surface area contributed by atoms with Gasteiger partial charge in [0.2, 0.25) is 10.0 Å². The summed E-state index contributed by atoms with van der Waals surface area (Å²) in [7, 11) is -2.58. The van der Waals surface area contributed by atoms with E-state index < -0.39 is 14.9 Å². The van der Waals surface area contributed by atoms with Crippen molar-refractivity contribution in [1.29, 1.82) is 0 Å². The minimum atomic E-state index is -3.79. The maximum Gasteiger partial charge on any atom is 0.293 e. The summed E-state index contributed by atoms with van der Waals surface area (Å²) in [5.74, 6) is -0.368. The van der Waals surface area contributed by atoms with Crippen LogP contribution in [0.3, 0.4) is 0 Å². The Balaban J connectivity index is 2.02. The molecule has 1 amide bonds. The molecule has 2 aromatic rings. The van der Waals surface area contributed by atoms with Crippen molar-refractivity contribution in [1.82, 2.24) is 10.0 Å². The van der Waals surface area contributed by atoms with Crippen LogP contribution in [0.4, 0.5) is 11.4 Å². The van der Waals surface area contributed by atoms with E-state index in [2.05, 4.69) is 15.4 Å². The standard InChI is InChI=1S/C16H17ClN4O5S/c1-18-27(25,26)11-6-7-14(15(10-11)21(23)24)19-8-9-20-16(22)12-4-2-3-5-13(12)17/h2-7,10,18-19H,8-9H2,1H3,(H,20,22). The van der Waals surface area contributed by atoms with E-state index >= 15 is 0 Å². The summed E-state index contributed by atoms with van der Waals surface area (Å²) in [6.45, 7) is 0.368. The molecule has 0 atom stereocenters. The average Bonchev–Trinajstić information content (AvgIpc) is 2.65. The lowest BCUT2D eigenvalue weighted by atomic mass is 10.2. The number of amides is 1. The van der Waals surface area contributed by atoms with E-state index in [1.165, 1.54) is 19.2 Å². The average molecular weight is 413 g/mol. The van der Waals surface area contributed by atoms with Gasteiger partial charge in [0.1, 0.15) is 5.69 Å². The maximum absolute atomic E-state index is 12.0. The molecule has 0 spiro atoms. The Hall–Kier alpha value is -2.69. The first kappa shape index (κ1) is 20.6. The first-order valence-corrected chi connectivity index (χ1v) is 9.61. The number of rotatable bonds is 8. The number of sulfonamides is 1. The SMILES string of the molecule is CNS(=O)(=O)c1ccc(NCCNC(=O)c2ccccc2Cl)c([N+](=O)[O-])c1. The lowest BCUT2D eigenvalue weighted by molar-refractivity contribution is -0.384. The van der Waals surface area contributed by atoms with E-state index in [4.69, 9.17) is 11.6 Å². The van der Waals surface area contributed by atoms with Gasteiger partial charge in [0.25, 0.3) is 11.6 Å². The smallest absolute Gasteiger partial charge is 0.293 e. The highest BCUT2D eigenvalue weighted by atomic mass is 35.5. The Labute approximate surface area is 160 Å². The third-order valence-electron chi connectivity index (χ3n) is 3.59. The van der Waals surface area contributed by atoms with Gasteiger partial charge in [0, 0.05) is 19.2 Å². The Morgan fingerprint density at radius 3 is 2.52 bits per heavy atom. The molecule has 0 fully saturated rings. The number of hydrogen-bond donors (Lipinski definition) is 3. The van der Waals surface area contributed by atoms with Gasteiger partial charge in [-0.25, -0.2) is 13.1 Å². The van der Waals surface area contributed by atoms with Crippen LogP contribution in [-0.2, 0) is 10.0 Å². The maximum atomic E-state index is 12.0. The molecule has 27 heavy (non-hydrogen) atoms. The molecular weight excluding hydrogens is 396 g/mol. The van der Waals surface area contributed by atoms with Crippen molar-refractivity contribution < 1.29 is 18.1 Å². The zero-order valence-corrected chi connectivity index (χ0v) is 15.8. The van der Waals surface area contributed by atoms with Crippen LogP contribution in [0.1, 0.15) is 10.4 Å². The summed E-state index contributed by atoms with van der Waals surface area (Å²) in [6.07, 6.45) is 0. The number of nitro groups is 1. The zero-order chi connectivity index (χ0) is 20.0. The summed E-state index contributed by atoms with van der Waals surface area (Å²) in [6, 6.07) is 10.1. The second-order valence-corrected chi connectivity index (χ2v) is 7.60. The number of nitrogens with zero attached hydrogens (tertiary/aromatic N) is 1. The van der Waals surface area contributed by atoms with Crippen molar-refractivity contribution >= 4 is 38.9 Å². The fourth-order valence-electron chi connectivity index (χ4n) is 2.21. The molecule has 0 aromatic heterocycles. The summed E-state index contributed by atoms with van der Waals surface area (Å²) in [5.41, 5.74) is 0.0811. The molecule has 0 radical (unpaired) electrons. The van der Waals surface area contributed by atoms with Gasteiger partial charge in [-0.1, -0.05) is 23.7 Å². The summed E-state index contributed by atoms with van der Waals surface area (Å²) >= 11 is 5.94. The highest BCUT2D eigenvalue weighted by molar-refractivity contribution is 7.89. The zero-order valence-electron chi connectivity index (χ0n) is 14.2. The number of nitrogens with one attached hydrogen (secondary N) is 3. The van der Waals surface area contributed by atoms with Gasteiger partial charge >= 0.3 is 0 Å². The normalized spacial score (nSPS) is 11.0. The molecule has 0 aliphatic rings. The minimum absolute atomic E-state index is 0.141. The van der Waals surface area contributed by atoms with E-state index in [0.717, 1.165) is 6.07 Å². The first-order valence-electron chi connectivity index (χ1n) is 7.75. The van der Waals surface area contributed by atoms with Crippen LogP contribution >= 0.6 is 11.6 Å². The third kappa shape index (κ3) is 5.16. The third-order valence-corrected chi connectivity index (χ3v) is 5.33. The number of hydrogen-bond acceptors (Lipinski definition) is 6. The van der Waals surface area contributed by atoms with E-state index in [0.29, 0.717) is 10.6 Å². The van der Waals surface area contributed by atoms with E-state index in [-0.39, 0.29) is 35.3 Å². The quantitative estimate of drug-likeness (QED) is 0.345. The second-order valence-electron chi connectivity index (χ2n) is 5.31. The molecule has 3 N–H and O–H groups in total. The molecule has 0 aliphatic heterocycles. The molecule has 2 rings (SSSR count). The molecular formula is C16H17ClN4O5S. The van der Waals surface area contributed by atoms with E-state index in [9.17, 15) is 23.3 Å². The molecule has 2 aromatic carbocycles. The Morgan fingerprint density at radius 2 is 1.89 bits per heavy atom. The number of nitro benzene ring substituents is 1. The van der Waals surface area contributed by atoms with Crippen molar-refractivity contribution in [3.63, 3.8) is 0 Å². The number of benzene rings is 2. The fraction of sp³-hybridized carbons (Fsp3) is 0.188. The van der Waals surface area contributed by atoms with Crippen molar-refractivity contribution in [2.75, 3.05) is 25.5 Å². The van der Waals surface area contributed by atoms with Crippen LogP contribution in [0, 0.1) is 10.1 Å². The van der Waals surface area contributed by atoms with Crippen LogP contribution in [0.2, 0.25) is 5.02 Å². The van der Waals surface area contributed by atoms with Crippen molar-refractivity contribution in [3.05, 3.63) is 63.2 Å². The van der Waals surface area contributed by atoms with E-state index in [1.54, 1.807) is 24.3 Å². The molecule has 144 valence electrons. The molecule has 0 aliphatic carbocycles. The van der Waals surface area contributed by atoms with E-state index in [1.807, 2.05) is 0 Å². The van der Waals surface area contributed by atoms with Gasteiger partial charge in [0.15, 0.2) is 0 Å². The van der Waals surface area contributed by atoms with Crippen LogP contribution in [-0.4, -0.2) is 39.4 Å². The summed E-state index contributed by atoms with van der Waals surface area (Å²) in [4.78, 5) is 22.4. The Morgan fingerprint density at radius 1 is 1.19 bits per heavy atom. The number of anilines is 1. The molecule has 9 nitrogen and oxygen atoms in total. The Kier molecular flexibility index (Phi) is 6.72. The Bertz CT molecular complexity index is 965. The van der Waals surface area contributed by atoms with Crippen molar-refractivity contribution in [2.24, 2.45) is 0 Å². The summed E-state index contributed by atoms with van der Waals surface area (Å²) in [5, 5.41) is 17.0. The number of halogens is 1. The van der Waals surface area contributed by atoms with Gasteiger partial charge < -0.3 is 10.6 Å². The molecule has 0 bridgehead atoms. The van der Waals surface area contributed by atoms with Crippen molar-refractivity contribution in [3.8, 4) is 0 Å². The highest BCUT2D eigenvalue weighted by Crippen LogP contribution is 2.27. The number of carbonyl (C=O) groups is 1. The topological polar surface area (TPSA) is 130 Å². The molecule has 0 saturated carbocycles. The molecule has 11 heteroatoms. The predicted octanol–water partition coefficient (Wildman–Crippen LogP) is 2.00. The summed E-state index contributed by atoms with van der Waals surface area (Å²) < 4.78 is 25.6. The van der Waals surface area contributed by atoms with Crippen molar-refractivity contribution in [2.45, 2.75) is 4.90 Å². The second kappa shape index (κ2) is 8.80. The first-order chi connectivity index (χ1) is 12.8. The molecule has 0 unspecified atom stereocenters. The lowest BCUT2D eigenvalue weighted by Crippen LogP contribution is -2.29. The predicted molar refractivity (Wildman–Crippen MR) is 102 cm³/mol. The van der Waals surface area contributed by atoms with Gasteiger partial charge in [-0.15, -0.1) is 0 Å². The van der Waals surface area contributed by atoms with Crippen LogP contribution in [0.25, 0.3) is 0 Å². The lowest BCUT2D eigenvalue weighted by Gasteiger charge is -2.10. The monoisotopic (exact) mass is 412 g/mol. The minimum Gasteiger partial charge on any atom is -0.378 e. The molecule has 0 heterocycles. The fourth-order valence-corrected chi connectivity index (χ4v) is 3.18. The van der Waals surface area contributed by atoms with Gasteiger partial charge in [-0.05, 0) is 31.3 Å². The molecule has 0 saturated heterocycles. The van der Waals surface area contributed by atoms with Crippen LogP contribution in [0.15, 0.2) is 47.4 Å². The van der Waals surface area contributed by atoms with Gasteiger partial charge in [-0.2, -0.15) is 0 Å². The van der Waals surface area contributed by atoms with Crippen LogP contribution in [0.5, 0.6) is 0 Å². The largest absolute Gasteiger partial charge is 0.378 e. The van der Waals surface area contributed by atoms with Gasteiger partial charge in [0.05, 0.1) is 20.4 Å².